The number of amidine groups is 1. The average Bonchev–Trinajstić information content (AvgIpc) is 2.54. The normalized spacial score (nSPS) is 25.1. The molecule has 0 bridgehead atoms. The van der Waals surface area contributed by atoms with E-state index in [1.807, 2.05) is 11.8 Å². The van der Waals surface area contributed by atoms with Crippen molar-refractivity contribution < 1.29 is 0 Å². The zero-order chi connectivity index (χ0) is 14.4. The van der Waals surface area contributed by atoms with Crippen molar-refractivity contribution in [2.75, 3.05) is 12.3 Å². The number of nitrogens with zero attached hydrogens (tertiary/aromatic N) is 1. The minimum atomic E-state index is 0.461. The van der Waals surface area contributed by atoms with Gasteiger partial charge in [-0.3, -0.25) is 4.99 Å². The summed E-state index contributed by atoms with van der Waals surface area (Å²) in [4.78, 5) is 4.88. The summed E-state index contributed by atoms with van der Waals surface area (Å²) in [6, 6.07) is 0.650. The lowest BCUT2D eigenvalue weighted by atomic mass is 9.83. The van der Waals surface area contributed by atoms with Crippen LogP contribution in [0.15, 0.2) is 4.99 Å². The van der Waals surface area contributed by atoms with Crippen LogP contribution < -0.4 is 5.32 Å². The van der Waals surface area contributed by atoms with Crippen molar-refractivity contribution in [3.63, 3.8) is 0 Å². The van der Waals surface area contributed by atoms with Crippen LogP contribution in [0, 0.1) is 11.3 Å². The van der Waals surface area contributed by atoms with Gasteiger partial charge in [-0.05, 0) is 43.4 Å². The molecule has 0 saturated heterocycles. The summed E-state index contributed by atoms with van der Waals surface area (Å²) in [6.07, 6.45) is 10.9. The standard InChI is InChI=1S/C17H32N2S/c1-4-15(14-10-8-7-9-11-14)19-16-18-12-17(5-2,6-3)13-20-16/h14-15H,4-13H2,1-3H3,(H,18,19). The van der Waals surface area contributed by atoms with Crippen LogP contribution in [0.3, 0.4) is 0 Å². The number of thioether (sulfide) groups is 1. The molecule has 1 saturated carbocycles. The molecule has 20 heavy (non-hydrogen) atoms. The molecule has 2 rings (SSSR count). The second kappa shape index (κ2) is 7.72. The fraction of sp³-hybridized carbons (Fsp3) is 0.941. The van der Waals surface area contributed by atoms with Gasteiger partial charge < -0.3 is 5.32 Å². The van der Waals surface area contributed by atoms with Crippen molar-refractivity contribution in [1.82, 2.24) is 5.32 Å². The summed E-state index contributed by atoms with van der Waals surface area (Å²) < 4.78 is 0. The molecule has 116 valence electrons. The number of hydrogen-bond donors (Lipinski definition) is 1. The van der Waals surface area contributed by atoms with Gasteiger partial charge in [0.05, 0.1) is 0 Å². The van der Waals surface area contributed by atoms with E-state index in [9.17, 15) is 0 Å². The van der Waals surface area contributed by atoms with E-state index in [0.717, 1.165) is 12.5 Å². The third-order valence-electron chi connectivity index (χ3n) is 5.54. The highest BCUT2D eigenvalue weighted by atomic mass is 32.2. The van der Waals surface area contributed by atoms with Crippen LogP contribution in [0.25, 0.3) is 0 Å². The van der Waals surface area contributed by atoms with Crippen molar-refractivity contribution in [1.29, 1.82) is 0 Å². The Balaban J connectivity index is 1.90. The molecule has 0 amide bonds. The topological polar surface area (TPSA) is 24.4 Å². The van der Waals surface area contributed by atoms with E-state index in [4.69, 9.17) is 4.99 Å². The third kappa shape index (κ3) is 3.93. The highest BCUT2D eigenvalue weighted by Gasteiger charge is 2.31. The van der Waals surface area contributed by atoms with Crippen molar-refractivity contribution in [2.24, 2.45) is 16.3 Å². The quantitative estimate of drug-likeness (QED) is 0.784. The fourth-order valence-electron chi connectivity index (χ4n) is 3.57. The minimum absolute atomic E-state index is 0.461. The van der Waals surface area contributed by atoms with Gasteiger partial charge in [-0.1, -0.05) is 51.8 Å². The molecule has 1 N–H and O–H groups in total. The lowest BCUT2D eigenvalue weighted by molar-refractivity contribution is 0.282. The van der Waals surface area contributed by atoms with E-state index >= 15 is 0 Å². The van der Waals surface area contributed by atoms with E-state index in [1.54, 1.807) is 0 Å². The molecule has 1 heterocycles. The molecule has 0 aromatic heterocycles. The van der Waals surface area contributed by atoms with E-state index < -0.39 is 0 Å². The van der Waals surface area contributed by atoms with Gasteiger partial charge in [-0.15, -0.1) is 0 Å². The van der Waals surface area contributed by atoms with Gasteiger partial charge >= 0.3 is 0 Å². The monoisotopic (exact) mass is 296 g/mol. The zero-order valence-corrected chi connectivity index (χ0v) is 14.4. The van der Waals surface area contributed by atoms with E-state index in [-0.39, 0.29) is 0 Å². The van der Waals surface area contributed by atoms with Gasteiger partial charge in [0, 0.05) is 18.3 Å². The predicted molar refractivity (Wildman–Crippen MR) is 91.6 cm³/mol. The van der Waals surface area contributed by atoms with Crippen LogP contribution in [0.2, 0.25) is 0 Å². The molecule has 2 aliphatic rings. The van der Waals surface area contributed by atoms with Crippen molar-refractivity contribution in [2.45, 2.75) is 78.2 Å². The Morgan fingerprint density at radius 3 is 2.40 bits per heavy atom. The summed E-state index contributed by atoms with van der Waals surface area (Å²) in [7, 11) is 0. The van der Waals surface area contributed by atoms with Crippen LogP contribution in [0.4, 0.5) is 0 Å². The molecule has 0 spiro atoms. The van der Waals surface area contributed by atoms with E-state index in [2.05, 4.69) is 26.1 Å². The molecule has 1 aliphatic heterocycles. The first kappa shape index (κ1) is 16.2. The maximum atomic E-state index is 4.88. The number of aliphatic imine (C=N–C) groups is 1. The summed E-state index contributed by atoms with van der Waals surface area (Å²) >= 11 is 1.97. The molecular formula is C17H32N2S. The number of rotatable bonds is 5. The van der Waals surface area contributed by atoms with Gasteiger partial charge in [0.25, 0.3) is 0 Å². The first-order valence-corrected chi connectivity index (χ1v) is 9.65. The van der Waals surface area contributed by atoms with Crippen LogP contribution in [-0.4, -0.2) is 23.5 Å². The zero-order valence-electron chi connectivity index (χ0n) is 13.6. The van der Waals surface area contributed by atoms with Gasteiger partial charge in [0.1, 0.15) is 0 Å². The molecule has 1 unspecified atom stereocenters. The van der Waals surface area contributed by atoms with Crippen molar-refractivity contribution >= 4 is 16.9 Å². The Bertz CT molecular complexity index is 317. The lowest BCUT2D eigenvalue weighted by Gasteiger charge is -2.36. The molecular weight excluding hydrogens is 264 g/mol. The molecule has 1 aliphatic carbocycles. The van der Waals surface area contributed by atoms with Gasteiger partial charge in [0.15, 0.2) is 5.17 Å². The van der Waals surface area contributed by atoms with Gasteiger partial charge in [-0.2, -0.15) is 0 Å². The van der Waals surface area contributed by atoms with Crippen LogP contribution in [-0.2, 0) is 0 Å². The maximum absolute atomic E-state index is 4.88. The lowest BCUT2D eigenvalue weighted by Crippen LogP contribution is -2.42. The average molecular weight is 297 g/mol. The number of hydrogen-bond acceptors (Lipinski definition) is 3. The summed E-state index contributed by atoms with van der Waals surface area (Å²) in [5.41, 5.74) is 0.461. The smallest absolute Gasteiger partial charge is 0.156 e. The predicted octanol–water partition coefficient (Wildman–Crippen LogP) is 4.84. The highest BCUT2D eigenvalue weighted by Crippen LogP contribution is 2.35. The number of nitrogens with one attached hydrogen (secondary N) is 1. The highest BCUT2D eigenvalue weighted by molar-refractivity contribution is 8.13. The Morgan fingerprint density at radius 1 is 1.20 bits per heavy atom. The molecule has 2 nitrogen and oxygen atoms in total. The first-order chi connectivity index (χ1) is 9.73. The molecule has 0 aromatic rings. The molecule has 1 fully saturated rings. The second-order valence-corrected chi connectivity index (χ2v) is 7.64. The molecule has 1 atom stereocenters. The minimum Gasteiger partial charge on any atom is -0.362 e. The Labute approximate surface area is 129 Å². The Morgan fingerprint density at radius 2 is 1.90 bits per heavy atom. The molecule has 3 heteroatoms. The Kier molecular flexibility index (Phi) is 6.25. The van der Waals surface area contributed by atoms with Crippen LogP contribution in [0.5, 0.6) is 0 Å². The van der Waals surface area contributed by atoms with Crippen molar-refractivity contribution in [3.8, 4) is 0 Å². The summed E-state index contributed by atoms with van der Waals surface area (Å²) in [5.74, 6) is 2.12. The van der Waals surface area contributed by atoms with E-state index in [1.165, 1.54) is 62.3 Å². The van der Waals surface area contributed by atoms with Crippen molar-refractivity contribution in [3.05, 3.63) is 0 Å². The second-order valence-electron chi connectivity index (χ2n) is 6.67. The van der Waals surface area contributed by atoms with Gasteiger partial charge in [0.2, 0.25) is 0 Å². The SMILES string of the molecule is CCC(NC1=NCC(CC)(CC)CS1)C1CCCCC1. The largest absolute Gasteiger partial charge is 0.362 e. The third-order valence-corrected chi connectivity index (χ3v) is 6.82. The van der Waals surface area contributed by atoms with Gasteiger partial charge in [-0.25, -0.2) is 0 Å². The van der Waals surface area contributed by atoms with E-state index in [0.29, 0.717) is 11.5 Å². The fourth-order valence-corrected chi connectivity index (χ4v) is 4.90. The first-order valence-electron chi connectivity index (χ1n) is 8.66. The van der Waals surface area contributed by atoms with Crippen LogP contribution in [0.1, 0.15) is 72.1 Å². The maximum Gasteiger partial charge on any atom is 0.156 e. The molecule has 0 aromatic carbocycles. The Hall–Kier alpha value is -0.180. The molecule has 0 radical (unpaired) electrons. The summed E-state index contributed by atoms with van der Waals surface area (Å²) in [5, 5.41) is 5.00. The van der Waals surface area contributed by atoms with Crippen LogP contribution >= 0.6 is 11.8 Å². The summed E-state index contributed by atoms with van der Waals surface area (Å²) in [6.45, 7) is 7.98.